The lowest BCUT2D eigenvalue weighted by Crippen LogP contribution is -2.30. The van der Waals surface area contributed by atoms with E-state index in [2.05, 4.69) is 5.32 Å². The summed E-state index contributed by atoms with van der Waals surface area (Å²) < 4.78 is 19.4. The number of hydrogen-bond acceptors (Lipinski definition) is 5. The summed E-state index contributed by atoms with van der Waals surface area (Å²) in [6.45, 7) is -0.362. The molecule has 1 fully saturated rings. The number of carbonyl (C=O) groups excluding carboxylic acids is 2. The summed E-state index contributed by atoms with van der Waals surface area (Å²) in [5, 5.41) is 3.56. The molecule has 0 bridgehead atoms. The Morgan fingerprint density at radius 2 is 1.86 bits per heavy atom. The number of nitrogens with zero attached hydrogens (tertiary/aromatic N) is 1. The molecule has 4 rings (SSSR count). The second-order valence-electron chi connectivity index (χ2n) is 7.18. The van der Waals surface area contributed by atoms with Crippen LogP contribution in [0, 0.1) is 11.7 Å². The van der Waals surface area contributed by atoms with Gasteiger partial charge >= 0.3 is 5.97 Å². The normalized spacial score (nSPS) is 19.1. The Labute approximate surface area is 171 Å². The van der Waals surface area contributed by atoms with Crippen molar-refractivity contribution in [3.8, 4) is 0 Å². The van der Waals surface area contributed by atoms with Gasteiger partial charge in [-0.2, -0.15) is 0 Å². The molecule has 1 heterocycles. The number of hydrogen-bond donors (Lipinski definition) is 1. The van der Waals surface area contributed by atoms with Gasteiger partial charge in [-0.15, -0.1) is 11.3 Å². The lowest BCUT2D eigenvalue weighted by molar-refractivity contribution is -0.153. The largest absolute Gasteiger partial charge is 0.455 e. The minimum atomic E-state index is -0.447. The van der Waals surface area contributed by atoms with Crippen LogP contribution in [-0.4, -0.2) is 23.5 Å². The van der Waals surface area contributed by atoms with E-state index in [1.54, 1.807) is 11.3 Å². The number of anilines is 1. The Morgan fingerprint density at radius 1 is 1.10 bits per heavy atom. The number of rotatable bonds is 5. The summed E-state index contributed by atoms with van der Waals surface area (Å²) in [4.78, 5) is 29.5. The van der Waals surface area contributed by atoms with Crippen LogP contribution >= 0.6 is 11.3 Å². The Kier molecular flexibility index (Phi) is 5.85. The number of esters is 1. The number of amides is 1. The van der Waals surface area contributed by atoms with Gasteiger partial charge in [-0.05, 0) is 49.2 Å². The molecule has 0 unspecified atom stereocenters. The van der Waals surface area contributed by atoms with E-state index in [0.29, 0.717) is 5.69 Å². The second kappa shape index (κ2) is 8.69. The number of aromatic nitrogens is 1. The number of nitrogens with one attached hydrogen (secondary N) is 1. The topological polar surface area (TPSA) is 68.3 Å². The predicted molar refractivity (Wildman–Crippen MR) is 110 cm³/mol. The number of carbonyl (C=O) groups is 2. The third-order valence-electron chi connectivity index (χ3n) is 5.17. The van der Waals surface area contributed by atoms with E-state index in [4.69, 9.17) is 9.72 Å². The molecule has 0 aliphatic heterocycles. The second-order valence-corrected chi connectivity index (χ2v) is 8.24. The molecule has 0 spiro atoms. The van der Waals surface area contributed by atoms with Crippen molar-refractivity contribution in [1.82, 2.24) is 4.98 Å². The van der Waals surface area contributed by atoms with Gasteiger partial charge in [-0.3, -0.25) is 9.59 Å². The summed E-state index contributed by atoms with van der Waals surface area (Å²) in [5.41, 5.74) is 1.40. The van der Waals surface area contributed by atoms with E-state index in [1.807, 2.05) is 24.3 Å². The molecule has 7 heteroatoms. The molecule has 5 nitrogen and oxygen atoms in total. The molecular weight excluding hydrogens is 391 g/mol. The lowest BCUT2D eigenvalue weighted by Gasteiger charge is -2.28. The zero-order chi connectivity index (χ0) is 20.2. The molecule has 29 heavy (non-hydrogen) atoms. The molecule has 0 radical (unpaired) electrons. The molecule has 0 saturated heterocycles. The number of thiazole rings is 1. The van der Waals surface area contributed by atoms with Crippen molar-refractivity contribution in [2.24, 2.45) is 5.92 Å². The van der Waals surface area contributed by atoms with Crippen LogP contribution in [-0.2, 0) is 14.3 Å². The van der Waals surface area contributed by atoms with Crippen LogP contribution in [0.1, 0.15) is 36.6 Å². The lowest BCUT2D eigenvalue weighted by atomic mass is 9.79. The number of para-hydroxylation sites is 1. The van der Waals surface area contributed by atoms with Gasteiger partial charge in [0.25, 0.3) is 5.91 Å². The Hall–Kier alpha value is -2.80. The first kappa shape index (κ1) is 19.5. The predicted octanol–water partition coefficient (Wildman–Crippen LogP) is 4.89. The quantitative estimate of drug-likeness (QED) is 0.606. The molecule has 1 saturated carbocycles. The van der Waals surface area contributed by atoms with Crippen LogP contribution < -0.4 is 5.32 Å². The van der Waals surface area contributed by atoms with Gasteiger partial charge < -0.3 is 10.1 Å². The van der Waals surface area contributed by atoms with Gasteiger partial charge in [0.2, 0.25) is 0 Å². The monoisotopic (exact) mass is 412 g/mol. The first-order chi connectivity index (χ1) is 14.1. The highest BCUT2D eigenvalue weighted by Gasteiger charge is 2.35. The number of ether oxygens (including phenoxy) is 1. The van der Waals surface area contributed by atoms with Gasteiger partial charge in [-0.1, -0.05) is 25.0 Å². The average molecular weight is 412 g/mol. The van der Waals surface area contributed by atoms with Crippen LogP contribution in [0.2, 0.25) is 0 Å². The summed E-state index contributed by atoms with van der Waals surface area (Å²) in [6.07, 6.45) is 3.64. The summed E-state index contributed by atoms with van der Waals surface area (Å²) in [5.74, 6) is -1.45. The van der Waals surface area contributed by atoms with Gasteiger partial charge in [0.1, 0.15) is 5.82 Å². The third kappa shape index (κ3) is 4.62. The van der Waals surface area contributed by atoms with Crippen molar-refractivity contribution in [2.45, 2.75) is 31.6 Å². The van der Waals surface area contributed by atoms with Crippen molar-refractivity contribution in [2.75, 3.05) is 11.9 Å². The standard InChI is InChI=1S/C22H21FN2O3S/c23-14-9-11-15(12-10-14)24-20(26)13-28-22(27)17-6-2-1-5-16(17)21-25-18-7-3-4-8-19(18)29-21/h3-4,7-12,16-17H,1-2,5-6,13H2,(H,24,26)/t16-,17+/m0/s1. The maximum atomic E-state index is 12.9. The van der Waals surface area contributed by atoms with E-state index < -0.39 is 5.91 Å². The molecule has 3 aromatic rings. The van der Waals surface area contributed by atoms with Crippen LogP contribution in [0.3, 0.4) is 0 Å². The molecule has 150 valence electrons. The molecule has 1 aliphatic rings. The highest BCUT2D eigenvalue weighted by atomic mass is 32.1. The molecule has 1 aromatic heterocycles. The Morgan fingerprint density at radius 3 is 2.66 bits per heavy atom. The van der Waals surface area contributed by atoms with Crippen LogP contribution in [0.15, 0.2) is 48.5 Å². The third-order valence-corrected chi connectivity index (χ3v) is 6.34. The van der Waals surface area contributed by atoms with Crippen molar-refractivity contribution < 1.29 is 18.7 Å². The van der Waals surface area contributed by atoms with Crippen molar-refractivity contribution in [3.05, 3.63) is 59.4 Å². The van der Waals surface area contributed by atoms with E-state index in [-0.39, 0.29) is 30.2 Å². The molecule has 2 atom stereocenters. The minimum Gasteiger partial charge on any atom is -0.455 e. The van der Waals surface area contributed by atoms with Crippen LogP contribution in [0.5, 0.6) is 0 Å². The maximum absolute atomic E-state index is 12.9. The van der Waals surface area contributed by atoms with E-state index in [9.17, 15) is 14.0 Å². The van der Waals surface area contributed by atoms with Gasteiger partial charge in [-0.25, -0.2) is 9.37 Å². The van der Waals surface area contributed by atoms with Crippen molar-refractivity contribution >= 4 is 39.1 Å². The zero-order valence-corrected chi connectivity index (χ0v) is 16.6. The van der Waals surface area contributed by atoms with E-state index in [1.165, 1.54) is 24.3 Å². The average Bonchev–Trinajstić information content (AvgIpc) is 3.18. The van der Waals surface area contributed by atoms with E-state index in [0.717, 1.165) is 40.9 Å². The molecule has 1 aliphatic carbocycles. The summed E-state index contributed by atoms with van der Waals surface area (Å²) in [7, 11) is 0. The highest BCUT2D eigenvalue weighted by Crippen LogP contribution is 2.41. The number of halogens is 1. The van der Waals surface area contributed by atoms with Gasteiger partial charge in [0.15, 0.2) is 6.61 Å². The first-order valence-corrected chi connectivity index (χ1v) is 10.5. The minimum absolute atomic E-state index is 0.0220. The Balaban J connectivity index is 1.39. The van der Waals surface area contributed by atoms with Crippen molar-refractivity contribution in [3.63, 3.8) is 0 Å². The molecular formula is C22H21FN2O3S. The first-order valence-electron chi connectivity index (χ1n) is 9.67. The summed E-state index contributed by atoms with van der Waals surface area (Å²) in [6, 6.07) is 13.4. The fourth-order valence-corrected chi connectivity index (χ4v) is 4.90. The fourth-order valence-electron chi connectivity index (χ4n) is 3.73. The molecule has 1 N–H and O–H groups in total. The Bertz CT molecular complexity index is 985. The number of fused-ring (bicyclic) bond motifs is 1. The van der Waals surface area contributed by atoms with Crippen LogP contribution in [0.4, 0.5) is 10.1 Å². The molecule has 2 aromatic carbocycles. The zero-order valence-electron chi connectivity index (χ0n) is 15.8. The summed E-state index contributed by atoms with van der Waals surface area (Å²) >= 11 is 1.62. The molecule has 1 amide bonds. The number of benzene rings is 2. The van der Waals surface area contributed by atoms with E-state index >= 15 is 0 Å². The SMILES string of the molecule is O=C(COC(=O)[C@@H]1CCCC[C@@H]1c1nc2ccccc2s1)Nc1ccc(F)cc1. The van der Waals surface area contributed by atoms with Gasteiger partial charge in [0.05, 0.1) is 21.1 Å². The highest BCUT2D eigenvalue weighted by molar-refractivity contribution is 7.18. The van der Waals surface area contributed by atoms with Gasteiger partial charge in [0, 0.05) is 11.6 Å². The van der Waals surface area contributed by atoms with Crippen LogP contribution in [0.25, 0.3) is 10.2 Å². The van der Waals surface area contributed by atoms with Crippen molar-refractivity contribution in [1.29, 1.82) is 0 Å². The smallest absolute Gasteiger partial charge is 0.310 e. The fraction of sp³-hybridized carbons (Fsp3) is 0.318. The maximum Gasteiger partial charge on any atom is 0.310 e.